The van der Waals surface area contributed by atoms with E-state index in [1.807, 2.05) is 18.5 Å². The van der Waals surface area contributed by atoms with Crippen LogP contribution >= 0.6 is 0 Å². The molecule has 1 N–H and O–H groups in total. The maximum absolute atomic E-state index is 4.24. The molecule has 1 saturated carbocycles. The number of rotatable bonds is 4. The molecule has 0 aromatic carbocycles. The summed E-state index contributed by atoms with van der Waals surface area (Å²) in [5.41, 5.74) is 1.34. The summed E-state index contributed by atoms with van der Waals surface area (Å²) in [5.74, 6) is 1.75. The van der Waals surface area contributed by atoms with Crippen LogP contribution in [0.15, 0.2) is 24.5 Å². The number of hydrogen-bond acceptors (Lipinski definition) is 2. The first-order valence-corrected chi connectivity index (χ1v) is 6.92. The van der Waals surface area contributed by atoms with Gasteiger partial charge in [-0.05, 0) is 43.4 Å². The molecule has 0 radical (unpaired) electrons. The zero-order valence-corrected chi connectivity index (χ0v) is 11.0. The highest BCUT2D eigenvalue weighted by atomic mass is 14.9. The first-order valence-electron chi connectivity index (χ1n) is 6.92. The Morgan fingerprint density at radius 1 is 1.35 bits per heavy atom. The van der Waals surface area contributed by atoms with E-state index in [1.54, 1.807) is 0 Å². The average molecular weight is 232 g/mol. The molecule has 1 fully saturated rings. The lowest BCUT2D eigenvalue weighted by atomic mass is 9.76. The van der Waals surface area contributed by atoms with Crippen molar-refractivity contribution in [2.45, 2.75) is 45.1 Å². The van der Waals surface area contributed by atoms with Crippen molar-refractivity contribution in [3.05, 3.63) is 30.1 Å². The largest absolute Gasteiger partial charge is 0.313 e. The van der Waals surface area contributed by atoms with E-state index in [1.165, 1.54) is 37.7 Å². The Kier molecular flexibility index (Phi) is 4.55. The van der Waals surface area contributed by atoms with Crippen LogP contribution in [-0.4, -0.2) is 12.0 Å². The molecule has 1 aromatic rings. The first-order chi connectivity index (χ1) is 8.35. The Labute approximate surface area is 105 Å². The summed E-state index contributed by atoms with van der Waals surface area (Å²) in [6.07, 6.45) is 10.7. The summed E-state index contributed by atoms with van der Waals surface area (Å²) in [6.45, 7) is 2.32. The van der Waals surface area contributed by atoms with Crippen molar-refractivity contribution in [2.24, 2.45) is 11.8 Å². The monoisotopic (exact) mass is 232 g/mol. The van der Waals surface area contributed by atoms with Gasteiger partial charge in [0.1, 0.15) is 0 Å². The fourth-order valence-electron chi connectivity index (χ4n) is 3.16. The second-order valence-corrected chi connectivity index (χ2v) is 5.24. The zero-order valence-electron chi connectivity index (χ0n) is 11.0. The van der Waals surface area contributed by atoms with E-state index in [4.69, 9.17) is 0 Å². The molecule has 2 rings (SSSR count). The van der Waals surface area contributed by atoms with Gasteiger partial charge < -0.3 is 5.32 Å². The van der Waals surface area contributed by atoms with Crippen LogP contribution in [0.1, 0.15) is 50.6 Å². The molecule has 1 aliphatic rings. The van der Waals surface area contributed by atoms with Crippen molar-refractivity contribution in [1.82, 2.24) is 10.3 Å². The smallest absolute Gasteiger partial charge is 0.0361 e. The third-order valence-corrected chi connectivity index (χ3v) is 4.29. The highest BCUT2D eigenvalue weighted by molar-refractivity contribution is 5.15. The Morgan fingerprint density at radius 3 is 2.65 bits per heavy atom. The normalized spacial score (nSPS) is 26.7. The van der Waals surface area contributed by atoms with Crippen molar-refractivity contribution in [3.8, 4) is 0 Å². The second-order valence-electron chi connectivity index (χ2n) is 5.24. The molecule has 1 aromatic heterocycles. The van der Waals surface area contributed by atoms with Crippen molar-refractivity contribution in [3.63, 3.8) is 0 Å². The van der Waals surface area contributed by atoms with E-state index in [9.17, 15) is 0 Å². The molecule has 94 valence electrons. The van der Waals surface area contributed by atoms with E-state index >= 15 is 0 Å². The van der Waals surface area contributed by atoms with Gasteiger partial charge in [-0.3, -0.25) is 4.98 Å². The zero-order chi connectivity index (χ0) is 12.1. The summed E-state index contributed by atoms with van der Waals surface area (Å²) in [7, 11) is 2.07. The van der Waals surface area contributed by atoms with Gasteiger partial charge >= 0.3 is 0 Å². The number of nitrogens with zero attached hydrogens (tertiary/aromatic N) is 1. The minimum absolute atomic E-state index is 0.488. The molecule has 1 unspecified atom stereocenters. The van der Waals surface area contributed by atoms with Crippen molar-refractivity contribution < 1.29 is 0 Å². The van der Waals surface area contributed by atoms with Crippen LogP contribution in [0.4, 0.5) is 0 Å². The first kappa shape index (κ1) is 12.6. The number of pyridine rings is 1. The molecule has 0 saturated heterocycles. The van der Waals surface area contributed by atoms with Gasteiger partial charge in [0, 0.05) is 18.4 Å². The Morgan fingerprint density at radius 2 is 2.12 bits per heavy atom. The van der Waals surface area contributed by atoms with Gasteiger partial charge in [-0.2, -0.15) is 0 Å². The number of nitrogens with one attached hydrogen (secondary N) is 1. The summed E-state index contributed by atoms with van der Waals surface area (Å²) in [6, 6.07) is 4.72. The van der Waals surface area contributed by atoms with Crippen molar-refractivity contribution >= 4 is 0 Å². The highest BCUT2D eigenvalue weighted by Crippen LogP contribution is 2.37. The highest BCUT2D eigenvalue weighted by Gasteiger charge is 2.26. The third kappa shape index (κ3) is 3.06. The minimum Gasteiger partial charge on any atom is -0.313 e. The molecule has 0 spiro atoms. The maximum atomic E-state index is 4.24. The Hall–Kier alpha value is -0.890. The van der Waals surface area contributed by atoms with Crippen LogP contribution in [-0.2, 0) is 0 Å². The number of aromatic nitrogens is 1. The van der Waals surface area contributed by atoms with E-state index < -0.39 is 0 Å². The van der Waals surface area contributed by atoms with E-state index in [-0.39, 0.29) is 0 Å². The number of hydrogen-bond donors (Lipinski definition) is 1. The Bertz CT molecular complexity index is 315. The summed E-state index contributed by atoms with van der Waals surface area (Å²) in [4.78, 5) is 4.24. The molecule has 2 nitrogen and oxygen atoms in total. The van der Waals surface area contributed by atoms with Gasteiger partial charge in [0.2, 0.25) is 0 Å². The summed E-state index contributed by atoms with van der Waals surface area (Å²) < 4.78 is 0. The molecular formula is C15H24N2. The third-order valence-electron chi connectivity index (χ3n) is 4.29. The molecule has 1 heterocycles. The van der Waals surface area contributed by atoms with Gasteiger partial charge in [0.05, 0.1) is 0 Å². The van der Waals surface area contributed by atoms with Crippen molar-refractivity contribution in [1.29, 1.82) is 0 Å². The lowest BCUT2D eigenvalue weighted by molar-refractivity contribution is 0.224. The van der Waals surface area contributed by atoms with E-state index in [0.717, 1.165) is 11.8 Å². The maximum Gasteiger partial charge on any atom is 0.0361 e. The van der Waals surface area contributed by atoms with Crippen LogP contribution < -0.4 is 5.32 Å². The predicted octanol–water partition coefficient (Wildman–Crippen LogP) is 3.56. The van der Waals surface area contributed by atoms with Crippen LogP contribution in [0.2, 0.25) is 0 Å². The summed E-state index contributed by atoms with van der Waals surface area (Å²) >= 11 is 0. The predicted molar refractivity (Wildman–Crippen MR) is 71.8 cm³/mol. The molecule has 1 atom stereocenters. The van der Waals surface area contributed by atoms with Crippen LogP contribution in [0.3, 0.4) is 0 Å². The van der Waals surface area contributed by atoms with Gasteiger partial charge in [-0.25, -0.2) is 0 Å². The topological polar surface area (TPSA) is 24.9 Å². The Balaban J connectivity index is 2.00. The fourth-order valence-corrected chi connectivity index (χ4v) is 3.16. The quantitative estimate of drug-likeness (QED) is 0.858. The lowest BCUT2D eigenvalue weighted by Crippen LogP contribution is -2.28. The van der Waals surface area contributed by atoms with Gasteiger partial charge in [-0.15, -0.1) is 0 Å². The molecule has 17 heavy (non-hydrogen) atoms. The van der Waals surface area contributed by atoms with Crippen LogP contribution in [0.25, 0.3) is 0 Å². The molecule has 0 amide bonds. The average Bonchev–Trinajstić information content (AvgIpc) is 2.42. The summed E-state index contributed by atoms with van der Waals surface area (Å²) in [5, 5.41) is 3.48. The van der Waals surface area contributed by atoms with Gasteiger partial charge in [0.25, 0.3) is 0 Å². The van der Waals surface area contributed by atoms with Gasteiger partial charge in [0.15, 0.2) is 0 Å². The second kappa shape index (κ2) is 6.15. The lowest BCUT2D eigenvalue weighted by Gasteiger charge is -2.33. The molecule has 0 bridgehead atoms. The molecular weight excluding hydrogens is 208 g/mol. The van der Waals surface area contributed by atoms with E-state index in [0.29, 0.717) is 6.04 Å². The molecule has 2 heteroatoms. The SMILES string of the molecule is CCC1CCC(C(NC)c2cccnc2)CC1. The minimum atomic E-state index is 0.488. The van der Waals surface area contributed by atoms with Gasteiger partial charge in [-0.1, -0.05) is 32.3 Å². The molecule has 1 aliphatic carbocycles. The van der Waals surface area contributed by atoms with Crippen LogP contribution in [0, 0.1) is 11.8 Å². The molecule has 0 aliphatic heterocycles. The standard InChI is InChI=1S/C15H24N2/c1-3-12-6-8-13(9-7-12)15(16-2)14-5-4-10-17-11-14/h4-5,10-13,15-16H,3,6-9H2,1-2H3. The van der Waals surface area contributed by atoms with Crippen LogP contribution in [0.5, 0.6) is 0 Å². The van der Waals surface area contributed by atoms with Crippen molar-refractivity contribution in [2.75, 3.05) is 7.05 Å². The van der Waals surface area contributed by atoms with E-state index in [2.05, 4.69) is 30.3 Å². The fraction of sp³-hybridized carbons (Fsp3) is 0.667.